The summed E-state index contributed by atoms with van der Waals surface area (Å²) in [5.74, 6) is -0.0947. The Morgan fingerprint density at radius 3 is 2.16 bits per heavy atom. The topological polar surface area (TPSA) is 274 Å². The second kappa shape index (κ2) is 30.4. The van der Waals surface area contributed by atoms with Gasteiger partial charge in [-0.25, -0.2) is 29.1 Å². The van der Waals surface area contributed by atoms with Gasteiger partial charge in [0.15, 0.2) is 5.78 Å². The summed E-state index contributed by atoms with van der Waals surface area (Å²) >= 11 is 19.4. The van der Waals surface area contributed by atoms with Crippen molar-refractivity contribution in [3.8, 4) is 0 Å². The van der Waals surface area contributed by atoms with Crippen LogP contribution in [0, 0.1) is 5.82 Å². The van der Waals surface area contributed by atoms with E-state index in [2.05, 4.69) is 88.7 Å². The molecule has 1 saturated heterocycles. The zero-order chi connectivity index (χ0) is 53.1. The average molecular weight is 1220 g/mol. The third-order valence-electron chi connectivity index (χ3n) is 10.1. The van der Waals surface area contributed by atoms with Crippen LogP contribution in [0.3, 0.4) is 0 Å². The minimum absolute atomic E-state index is 0. The Hall–Kier alpha value is -7.11. The number of fused-ring (bicyclic) bond motifs is 4. The molecule has 0 bridgehead atoms. The Labute approximate surface area is 469 Å². The zero-order valence-corrected chi connectivity index (χ0v) is 45.0. The van der Waals surface area contributed by atoms with Gasteiger partial charge >= 0.3 is 5.97 Å². The third-order valence-corrected chi connectivity index (χ3v) is 12.6. The lowest BCUT2D eigenvalue weighted by Gasteiger charge is -2.06. The molecule has 0 spiro atoms. The molecular weight excluding hydrogens is 1160 g/mol. The van der Waals surface area contributed by atoms with E-state index < -0.39 is 11.8 Å². The Morgan fingerprint density at radius 1 is 0.882 bits per heavy atom. The number of nitrogens with one attached hydrogen (secondary N) is 4. The van der Waals surface area contributed by atoms with Crippen LogP contribution in [-0.2, 0) is 11.3 Å². The number of carboxylic acids is 1. The van der Waals surface area contributed by atoms with E-state index in [1.807, 2.05) is 73.8 Å². The molecule has 0 radical (unpaired) electrons. The van der Waals surface area contributed by atoms with Crippen molar-refractivity contribution in [2.75, 3.05) is 23.8 Å². The third kappa shape index (κ3) is 18.9. The first kappa shape index (κ1) is 61.4. The number of ketones is 1. The average Bonchev–Trinajstić information content (AvgIpc) is 4.25. The number of halogens is 5. The maximum Gasteiger partial charge on any atom is 0.345 e. The number of H-pyrrole nitrogens is 2. The molecule has 0 saturated carbocycles. The van der Waals surface area contributed by atoms with Gasteiger partial charge in [0.2, 0.25) is 10.6 Å². The fourth-order valence-electron chi connectivity index (χ4n) is 6.53. The highest BCUT2D eigenvalue weighted by molar-refractivity contribution is 9.10. The summed E-state index contributed by atoms with van der Waals surface area (Å²) in [7, 11) is 0. The number of carboxylic acid groups (broad SMARTS) is 1. The van der Waals surface area contributed by atoms with E-state index in [9.17, 15) is 14.0 Å². The number of anilines is 4. The Morgan fingerprint density at radius 2 is 1.57 bits per heavy atom. The number of carbonyl (C=O) groups excluding carboxylic acids is 1. The molecule has 2 aliphatic rings. The molecule has 2 aliphatic heterocycles. The van der Waals surface area contributed by atoms with Crippen LogP contribution >= 0.6 is 66.4 Å². The number of Topliss-reactive ketones (excluding diaryl/α,β-unsaturated/α-hetero) is 1. The maximum absolute atomic E-state index is 13.8. The minimum atomic E-state index is -0.864. The molecule has 0 aliphatic carbocycles. The zero-order valence-electron chi connectivity index (χ0n) is 39.5. The van der Waals surface area contributed by atoms with Crippen LogP contribution in [0.1, 0.15) is 66.4 Å². The summed E-state index contributed by atoms with van der Waals surface area (Å²) in [4.78, 5) is 44.9. The van der Waals surface area contributed by atoms with Crippen molar-refractivity contribution < 1.29 is 23.8 Å². The molecule has 398 valence electrons. The van der Waals surface area contributed by atoms with Crippen LogP contribution in [-0.4, -0.2) is 77.4 Å². The smallest absolute Gasteiger partial charge is 0.345 e. The minimum Gasteiger partial charge on any atom is -0.477 e. The van der Waals surface area contributed by atoms with E-state index >= 15 is 0 Å². The first-order chi connectivity index (χ1) is 35.6. The van der Waals surface area contributed by atoms with Gasteiger partial charge in [0.1, 0.15) is 22.3 Å². The number of aromatic amines is 2. The number of nitrogens with two attached hydrogens (primary N) is 3. The van der Waals surface area contributed by atoms with Crippen LogP contribution in [0.4, 0.5) is 27.4 Å². The standard InChI is InChI=1S/C12H9ClN4.C11H7ClFN5.C10H8BrNO.C9H5BrO2S.C5H10N2.C4H9NO.2CH4/c13-12-15-4-3-11(17-12)16-10-2-1-8-6-14-7-9(8)5-10;12-11-14-2-1-10(17-11)16-9-3-6-5-15-18-8(6)4-7(9)13;1-6(13)9-4-7-2-3-8(11)5-10(7)12-9;10-6-2-1-5-3-8(9(11)12)13-7(5)4-6;1-2-3-5(7)4-6;5-4-1-2-6-3-4;;/h1-5,7H,6H2,(H,15,16,17);1-5H,(H,15,18)(H,14,16,17);2-5,12H,1H3;1-4H,(H,11,12);2-4H,6-7H2,1H3;4H,1-3,5H2;2*1H4/b;;;;3-2-,5-4+;;;. The number of benzene rings is 4. The van der Waals surface area contributed by atoms with Crippen molar-refractivity contribution >= 4 is 139 Å². The second-order valence-corrected chi connectivity index (χ2v) is 19.3. The van der Waals surface area contributed by atoms with Gasteiger partial charge in [0, 0.05) is 91.8 Å². The molecule has 17 nitrogen and oxygen atoms in total. The Kier molecular flexibility index (Phi) is 24.6. The van der Waals surface area contributed by atoms with Gasteiger partial charge in [0.25, 0.3) is 0 Å². The molecule has 5 aromatic heterocycles. The monoisotopic (exact) mass is 1220 g/mol. The number of aliphatic imine (C=N–C) groups is 1. The number of carbonyl (C=O) groups is 2. The number of aromatic carboxylic acids is 1. The molecule has 23 heteroatoms. The predicted octanol–water partition coefficient (Wildman–Crippen LogP) is 13.5. The summed E-state index contributed by atoms with van der Waals surface area (Å²) in [5, 5.41) is 24.5. The largest absolute Gasteiger partial charge is 0.477 e. The van der Waals surface area contributed by atoms with Gasteiger partial charge in [-0.1, -0.05) is 71.0 Å². The molecule has 1 unspecified atom stereocenters. The number of aromatic nitrogens is 7. The number of nitrogens with zero attached hydrogens (tertiary/aromatic N) is 6. The normalized spacial score (nSPS) is 12.9. The molecule has 1 fully saturated rings. The van der Waals surface area contributed by atoms with Gasteiger partial charge in [0.05, 0.1) is 36.2 Å². The van der Waals surface area contributed by atoms with Crippen LogP contribution in [0.5, 0.6) is 0 Å². The maximum atomic E-state index is 13.8. The van der Waals surface area contributed by atoms with E-state index in [0.717, 1.165) is 72.8 Å². The number of hydrogen-bond donors (Lipinski definition) is 8. The first-order valence-corrected chi connectivity index (χ1v) is 25.3. The lowest BCUT2D eigenvalue weighted by atomic mass is 10.1. The van der Waals surface area contributed by atoms with Gasteiger partial charge in [-0.3, -0.25) is 14.9 Å². The fourth-order valence-corrected chi connectivity index (χ4v) is 8.64. The highest BCUT2D eigenvalue weighted by Crippen LogP contribution is 2.29. The summed E-state index contributed by atoms with van der Waals surface area (Å²) < 4.78 is 21.7. The van der Waals surface area contributed by atoms with E-state index in [4.69, 9.17) is 50.2 Å². The van der Waals surface area contributed by atoms with Crippen molar-refractivity contribution in [1.29, 1.82) is 0 Å². The summed E-state index contributed by atoms with van der Waals surface area (Å²) in [6.45, 7) is 5.84. The Bertz CT molecular complexity index is 3370. The molecule has 1 atom stereocenters. The lowest BCUT2D eigenvalue weighted by molar-refractivity contribution is 0.0702. The number of rotatable bonds is 7. The molecule has 4 aromatic carbocycles. The van der Waals surface area contributed by atoms with Crippen LogP contribution in [0.25, 0.3) is 31.9 Å². The molecule has 76 heavy (non-hydrogen) atoms. The van der Waals surface area contributed by atoms with Gasteiger partial charge in [-0.15, -0.1) is 11.3 Å². The van der Waals surface area contributed by atoms with Crippen LogP contribution in [0.15, 0.2) is 148 Å². The van der Waals surface area contributed by atoms with Crippen molar-refractivity contribution in [1.82, 2.24) is 35.1 Å². The van der Waals surface area contributed by atoms with Crippen LogP contribution < -0.4 is 27.8 Å². The fraction of sp³-hybridized carbons (Fsp3) is 0.170. The molecule has 11 rings (SSSR count). The van der Waals surface area contributed by atoms with E-state index in [-0.39, 0.29) is 31.2 Å². The molecular formula is C53H56Br2Cl2FN13O4S. The molecule has 11 N–H and O–H groups in total. The van der Waals surface area contributed by atoms with Gasteiger partial charge in [-0.2, -0.15) is 5.10 Å². The number of ether oxygens (including phenoxy) is 1. The second-order valence-electron chi connectivity index (χ2n) is 15.7. The summed E-state index contributed by atoms with van der Waals surface area (Å²) in [5.41, 5.74) is 22.2. The highest BCUT2D eigenvalue weighted by Gasteiger charge is 2.11. The lowest BCUT2D eigenvalue weighted by Crippen LogP contribution is -2.18. The number of allylic oxidation sites excluding steroid dienone is 2. The van der Waals surface area contributed by atoms with E-state index in [1.165, 1.54) is 35.4 Å². The van der Waals surface area contributed by atoms with Gasteiger partial charge < -0.3 is 42.7 Å². The van der Waals surface area contributed by atoms with Crippen molar-refractivity contribution in [3.05, 3.63) is 181 Å². The van der Waals surface area contributed by atoms with Crippen molar-refractivity contribution in [2.45, 2.75) is 47.7 Å². The number of hydrogen-bond acceptors (Lipinski definition) is 15. The predicted molar refractivity (Wildman–Crippen MR) is 315 cm³/mol. The van der Waals surface area contributed by atoms with Gasteiger partial charge in [-0.05, 0) is 126 Å². The quantitative estimate of drug-likeness (QED) is 0.0419. The molecule has 7 heterocycles. The van der Waals surface area contributed by atoms with Crippen molar-refractivity contribution in [2.24, 2.45) is 22.2 Å². The molecule has 0 amide bonds. The first-order valence-electron chi connectivity index (χ1n) is 22.2. The molecule has 9 aromatic rings. The Balaban J connectivity index is 0.000000203. The van der Waals surface area contributed by atoms with Crippen LogP contribution in [0.2, 0.25) is 10.6 Å². The highest BCUT2D eigenvalue weighted by atomic mass is 79.9. The summed E-state index contributed by atoms with van der Waals surface area (Å²) in [6.07, 6.45) is 12.6. The van der Waals surface area contributed by atoms with E-state index in [0.29, 0.717) is 45.1 Å². The SMILES string of the molecule is C.C.C/C=C\C(N)=C/N.CC(=O)c1cc2ccc(Br)cc2[nH]1.Clc1nccc(Nc2ccc3c(c2)C=NC3)n1.Fc1cc2[nH]ncc2cc1Nc1ccnc(Cl)n1.NC1CCOC1.O=C(O)c1cc2ccc(Br)cc2s1. The number of thiophene rings is 1. The van der Waals surface area contributed by atoms with Crippen molar-refractivity contribution in [3.63, 3.8) is 0 Å². The summed E-state index contributed by atoms with van der Waals surface area (Å²) in [6, 6.07) is 28.0. The van der Waals surface area contributed by atoms with E-state index in [1.54, 1.807) is 49.7 Å².